The molecule has 0 spiro atoms. The van der Waals surface area contributed by atoms with Crippen LogP contribution in [-0.2, 0) is 16.1 Å². The van der Waals surface area contributed by atoms with Gasteiger partial charge in [-0.3, -0.25) is 19.8 Å². The van der Waals surface area contributed by atoms with Gasteiger partial charge in [0.05, 0.1) is 11.5 Å². The second-order valence-corrected chi connectivity index (χ2v) is 4.77. The molecule has 1 aliphatic heterocycles. The van der Waals surface area contributed by atoms with E-state index in [1.165, 1.54) is 6.07 Å². The highest BCUT2D eigenvalue weighted by molar-refractivity contribution is 5.76. The minimum absolute atomic E-state index is 0.0991. The number of nitro benzene ring substituents is 1. The fourth-order valence-corrected chi connectivity index (χ4v) is 2.56. The van der Waals surface area contributed by atoms with E-state index < -0.39 is 0 Å². The van der Waals surface area contributed by atoms with Crippen molar-refractivity contribution >= 4 is 11.7 Å². The average Bonchev–Trinajstić information content (AvgIpc) is 2.87. The Morgan fingerprint density at radius 2 is 2.25 bits per heavy atom. The van der Waals surface area contributed by atoms with Crippen LogP contribution in [-0.4, -0.2) is 35.0 Å². The molecule has 1 fully saturated rings. The van der Waals surface area contributed by atoms with Crippen LogP contribution in [0.4, 0.5) is 5.69 Å². The molecule has 0 amide bonds. The highest BCUT2D eigenvalue weighted by atomic mass is 16.6. The van der Waals surface area contributed by atoms with Crippen LogP contribution in [0.25, 0.3) is 0 Å². The number of nitro groups is 1. The summed E-state index contributed by atoms with van der Waals surface area (Å²) in [5, 5.41) is 11.0. The first-order chi connectivity index (χ1) is 9.63. The quantitative estimate of drug-likeness (QED) is 0.468. The number of para-hydroxylation sites is 1. The first-order valence-corrected chi connectivity index (χ1v) is 6.76. The molecule has 0 aromatic heterocycles. The topological polar surface area (TPSA) is 72.7 Å². The number of nitrogens with zero attached hydrogens (tertiary/aromatic N) is 2. The van der Waals surface area contributed by atoms with E-state index in [0.717, 1.165) is 19.4 Å². The van der Waals surface area contributed by atoms with Crippen molar-refractivity contribution in [2.24, 2.45) is 0 Å². The Kier molecular flexibility index (Phi) is 4.68. The van der Waals surface area contributed by atoms with Crippen molar-refractivity contribution in [3.63, 3.8) is 0 Å². The maximum atomic E-state index is 11.9. The molecule has 0 bridgehead atoms. The molecule has 1 unspecified atom stereocenters. The van der Waals surface area contributed by atoms with Crippen LogP contribution in [0.15, 0.2) is 24.3 Å². The standard InChI is InChI=1S/C14H18N2O4/c1-2-20-14(17)13-8-5-9-15(13)10-11-6-3-4-7-12(11)16(18)19/h3-4,6-7,13H,2,5,8-10H2,1H3. The van der Waals surface area contributed by atoms with Crippen LogP contribution >= 0.6 is 0 Å². The lowest BCUT2D eigenvalue weighted by atomic mass is 10.1. The summed E-state index contributed by atoms with van der Waals surface area (Å²) in [5.41, 5.74) is 0.732. The highest BCUT2D eigenvalue weighted by Gasteiger charge is 2.32. The van der Waals surface area contributed by atoms with Gasteiger partial charge < -0.3 is 4.74 Å². The van der Waals surface area contributed by atoms with E-state index in [0.29, 0.717) is 18.7 Å². The highest BCUT2D eigenvalue weighted by Crippen LogP contribution is 2.25. The van der Waals surface area contributed by atoms with Gasteiger partial charge in [0.25, 0.3) is 5.69 Å². The van der Waals surface area contributed by atoms with E-state index >= 15 is 0 Å². The summed E-state index contributed by atoms with van der Waals surface area (Å²) < 4.78 is 5.06. The van der Waals surface area contributed by atoms with Gasteiger partial charge in [0.2, 0.25) is 0 Å². The van der Waals surface area contributed by atoms with Crippen molar-refractivity contribution in [3.05, 3.63) is 39.9 Å². The van der Waals surface area contributed by atoms with Crippen LogP contribution in [0.1, 0.15) is 25.3 Å². The lowest BCUT2D eigenvalue weighted by Crippen LogP contribution is -2.36. The summed E-state index contributed by atoms with van der Waals surface area (Å²) in [4.78, 5) is 24.5. The second-order valence-electron chi connectivity index (χ2n) is 4.77. The third-order valence-corrected chi connectivity index (χ3v) is 3.48. The minimum atomic E-state index is -0.384. The summed E-state index contributed by atoms with van der Waals surface area (Å²) >= 11 is 0. The molecule has 20 heavy (non-hydrogen) atoms. The molecule has 6 heteroatoms. The molecule has 0 aliphatic carbocycles. The van der Waals surface area contributed by atoms with E-state index in [9.17, 15) is 14.9 Å². The number of rotatable bonds is 5. The van der Waals surface area contributed by atoms with Crippen molar-refractivity contribution in [1.29, 1.82) is 0 Å². The van der Waals surface area contributed by atoms with Crippen LogP contribution in [0, 0.1) is 10.1 Å². The molecular weight excluding hydrogens is 260 g/mol. The van der Waals surface area contributed by atoms with Crippen molar-refractivity contribution < 1.29 is 14.5 Å². The van der Waals surface area contributed by atoms with Gasteiger partial charge in [-0.1, -0.05) is 18.2 Å². The molecule has 6 nitrogen and oxygen atoms in total. The van der Waals surface area contributed by atoms with Crippen LogP contribution in [0.5, 0.6) is 0 Å². The van der Waals surface area contributed by atoms with Crippen molar-refractivity contribution in [1.82, 2.24) is 4.90 Å². The predicted molar refractivity (Wildman–Crippen MR) is 73.2 cm³/mol. The summed E-state index contributed by atoms with van der Waals surface area (Å²) in [7, 11) is 0. The number of carbonyl (C=O) groups is 1. The predicted octanol–water partition coefficient (Wildman–Crippen LogP) is 2.12. The lowest BCUT2D eigenvalue weighted by Gasteiger charge is -2.22. The van der Waals surface area contributed by atoms with Crippen LogP contribution < -0.4 is 0 Å². The fourth-order valence-electron chi connectivity index (χ4n) is 2.56. The van der Waals surface area contributed by atoms with Gasteiger partial charge in [0.1, 0.15) is 6.04 Å². The summed E-state index contributed by atoms with van der Waals surface area (Å²) in [6.07, 6.45) is 1.66. The number of carbonyl (C=O) groups excluding carboxylic acids is 1. The third kappa shape index (κ3) is 3.14. The van der Waals surface area contributed by atoms with Crippen molar-refractivity contribution in [3.8, 4) is 0 Å². The van der Waals surface area contributed by atoms with Crippen molar-refractivity contribution in [2.45, 2.75) is 32.4 Å². The molecule has 1 aromatic rings. The molecule has 0 saturated carbocycles. The first-order valence-electron chi connectivity index (χ1n) is 6.76. The molecule has 1 aromatic carbocycles. The molecule has 1 saturated heterocycles. The molecule has 1 heterocycles. The monoisotopic (exact) mass is 278 g/mol. The Hall–Kier alpha value is -1.95. The Morgan fingerprint density at radius 3 is 2.95 bits per heavy atom. The van der Waals surface area contributed by atoms with E-state index in [2.05, 4.69) is 0 Å². The van der Waals surface area contributed by atoms with E-state index in [1.54, 1.807) is 25.1 Å². The van der Waals surface area contributed by atoms with Gasteiger partial charge >= 0.3 is 5.97 Å². The van der Waals surface area contributed by atoms with Gasteiger partial charge in [0.15, 0.2) is 0 Å². The number of likely N-dealkylation sites (tertiary alicyclic amines) is 1. The van der Waals surface area contributed by atoms with E-state index in [-0.39, 0.29) is 22.6 Å². The summed E-state index contributed by atoms with van der Waals surface area (Å²) in [5.74, 6) is -0.233. The maximum absolute atomic E-state index is 11.9. The molecule has 1 aliphatic rings. The second kappa shape index (κ2) is 6.47. The number of ether oxygens (including phenoxy) is 1. The SMILES string of the molecule is CCOC(=O)C1CCCN1Cc1ccccc1[N+](=O)[O-]. The molecule has 1 atom stereocenters. The maximum Gasteiger partial charge on any atom is 0.323 e. The number of hydrogen-bond acceptors (Lipinski definition) is 5. The Morgan fingerprint density at radius 1 is 1.50 bits per heavy atom. The van der Waals surface area contributed by atoms with Gasteiger partial charge in [-0.05, 0) is 26.3 Å². The molecule has 0 radical (unpaired) electrons. The molecule has 108 valence electrons. The normalized spacial score (nSPS) is 18.9. The number of hydrogen-bond donors (Lipinski definition) is 0. The summed E-state index contributed by atoms with van der Waals surface area (Å²) in [6.45, 7) is 3.30. The van der Waals surface area contributed by atoms with E-state index in [1.807, 2.05) is 4.90 Å². The molecular formula is C14H18N2O4. The first kappa shape index (κ1) is 14.5. The zero-order valence-electron chi connectivity index (χ0n) is 11.4. The zero-order valence-corrected chi connectivity index (χ0v) is 11.4. The smallest absolute Gasteiger partial charge is 0.323 e. The fraction of sp³-hybridized carbons (Fsp3) is 0.500. The third-order valence-electron chi connectivity index (χ3n) is 3.48. The number of benzene rings is 1. The largest absolute Gasteiger partial charge is 0.465 e. The Balaban J connectivity index is 2.13. The number of esters is 1. The Labute approximate surface area is 117 Å². The Bertz CT molecular complexity index is 504. The van der Waals surface area contributed by atoms with Gasteiger partial charge in [-0.2, -0.15) is 0 Å². The molecule has 2 rings (SSSR count). The lowest BCUT2D eigenvalue weighted by molar-refractivity contribution is -0.385. The van der Waals surface area contributed by atoms with Gasteiger partial charge in [-0.25, -0.2) is 0 Å². The molecule has 0 N–H and O–H groups in total. The van der Waals surface area contributed by atoms with E-state index in [4.69, 9.17) is 4.74 Å². The van der Waals surface area contributed by atoms with Crippen molar-refractivity contribution in [2.75, 3.05) is 13.2 Å². The summed E-state index contributed by atoms with van der Waals surface area (Å²) in [6, 6.07) is 6.37. The van der Waals surface area contributed by atoms with Gasteiger partial charge in [0, 0.05) is 18.2 Å². The van der Waals surface area contributed by atoms with Crippen LogP contribution in [0.2, 0.25) is 0 Å². The zero-order chi connectivity index (χ0) is 14.5. The minimum Gasteiger partial charge on any atom is -0.465 e. The van der Waals surface area contributed by atoms with Gasteiger partial charge in [-0.15, -0.1) is 0 Å². The average molecular weight is 278 g/mol. The van der Waals surface area contributed by atoms with Crippen LogP contribution in [0.3, 0.4) is 0 Å².